The molecule has 26 heavy (non-hydrogen) atoms. The maximum absolute atomic E-state index is 5.62. The number of aromatic nitrogens is 3. The Balaban J connectivity index is 1.43. The van der Waals surface area contributed by atoms with E-state index in [0.29, 0.717) is 5.11 Å². The number of benzene rings is 1. The quantitative estimate of drug-likeness (QED) is 0.805. The van der Waals surface area contributed by atoms with Gasteiger partial charge in [-0.1, -0.05) is 18.6 Å². The molecule has 0 unspecified atom stereocenters. The normalized spacial score (nSPS) is 19.6. The van der Waals surface area contributed by atoms with Crippen LogP contribution >= 0.6 is 12.2 Å². The van der Waals surface area contributed by atoms with Crippen LogP contribution in [0, 0.1) is 0 Å². The number of rotatable bonds is 4. The molecular formula is C19H25N5OS. The molecule has 1 aromatic carbocycles. The Morgan fingerprint density at radius 2 is 2.19 bits per heavy atom. The molecule has 1 atom stereocenters. The second-order valence-electron chi connectivity index (χ2n) is 6.95. The van der Waals surface area contributed by atoms with E-state index in [1.165, 1.54) is 19.3 Å². The van der Waals surface area contributed by atoms with Crippen LogP contribution in [0.1, 0.15) is 37.9 Å². The average Bonchev–Trinajstić information content (AvgIpc) is 3.25. The average molecular weight is 372 g/mol. The molecule has 138 valence electrons. The van der Waals surface area contributed by atoms with Gasteiger partial charge in [-0.25, -0.2) is 0 Å². The van der Waals surface area contributed by atoms with Gasteiger partial charge in [0.15, 0.2) is 10.9 Å². The van der Waals surface area contributed by atoms with E-state index in [9.17, 15) is 0 Å². The first-order valence-electron chi connectivity index (χ1n) is 9.48. The van der Waals surface area contributed by atoms with E-state index in [1.807, 2.05) is 12.1 Å². The summed E-state index contributed by atoms with van der Waals surface area (Å²) in [7, 11) is 0. The first kappa shape index (κ1) is 17.4. The molecule has 1 aromatic heterocycles. The number of thiocarbonyl (C=S) groups is 1. The second-order valence-corrected chi connectivity index (χ2v) is 7.36. The Kier molecular flexibility index (Phi) is 5.45. The van der Waals surface area contributed by atoms with E-state index in [2.05, 4.69) is 37.5 Å². The molecule has 2 aliphatic heterocycles. The molecule has 4 rings (SSSR count). The maximum atomic E-state index is 5.62. The number of nitrogens with zero attached hydrogens (tertiary/aromatic N) is 3. The lowest BCUT2D eigenvalue weighted by atomic mass is 10.2. The monoisotopic (exact) mass is 371 g/mol. The molecule has 1 saturated heterocycles. The molecule has 0 spiro atoms. The Morgan fingerprint density at radius 1 is 1.23 bits per heavy atom. The van der Waals surface area contributed by atoms with E-state index in [-0.39, 0.29) is 6.10 Å². The van der Waals surface area contributed by atoms with Crippen molar-refractivity contribution < 1.29 is 4.74 Å². The van der Waals surface area contributed by atoms with Crippen molar-refractivity contribution in [3.63, 3.8) is 0 Å². The predicted octanol–water partition coefficient (Wildman–Crippen LogP) is 3.14. The van der Waals surface area contributed by atoms with Crippen molar-refractivity contribution in [3.05, 3.63) is 30.1 Å². The SMILES string of the molecule is S=C(NC[C@H]1CCCO1)Nc1cccc(-c2nnc3n2CCCCC3)c1. The first-order chi connectivity index (χ1) is 12.8. The lowest BCUT2D eigenvalue weighted by Crippen LogP contribution is -2.34. The Labute approximate surface area is 159 Å². The van der Waals surface area contributed by atoms with Crippen LogP contribution < -0.4 is 10.6 Å². The molecule has 2 aromatic rings. The van der Waals surface area contributed by atoms with Crippen LogP contribution in [0.3, 0.4) is 0 Å². The predicted molar refractivity (Wildman–Crippen MR) is 106 cm³/mol. The molecule has 6 nitrogen and oxygen atoms in total. The summed E-state index contributed by atoms with van der Waals surface area (Å²) in [6.45, 7) is 2.61. The van der Waals surface area contributed by atoms with Crippen LogP contribution in [0.5, 0.6) is 0 Å². The fourth-order valence-corrected chi connectivity index (χ4v) is 3.82. The van der Waals surface area contributed by atoms with E-state index < -0.39 is 0 Å². The van der Waals surface area contributed by atoms with E-state index in [0.717, 1.165) is 61.9 Å². The minimum Gasteiger partial charge on any atom is -0.376 e. The van der Waals surface area contributed by atoms with Gasteiger partial charge in [0.25, 0.3) is 0 Å². The van der Waals surface area contributed by atoms with Crippen LogP contribution in [0.25, 0.3) is 11.4 Å². The van der Waals surface area contributed by atoms with Gasteiger partial charge in [0.05, 0.1) is 6.10 Å². The molecule has 0 aliphatic carbocycles. The molecule has 0 amide bonds. The zero-order valence-electron chi connectivity index (χ0n) is 14.9. The molecule has 1 fully saturated rings. The van der Waals surface area contributed by atoms with Gasteiger partial charge in [-0.15, -0.1) is 10.2 Å². The second kappa shape index (κ2) is 8.14. The molecule has 0 radical (unpaired) electrons. The summed E-state index contributed by atoms with van der Waals surface area (Å²) in [6, 6.07) is 8.21. The molecule has 2 aliphatic rings. The third-order valence-electron chi connectivity index (χ3n) is 5.00. The highest BCUT2D eigenvalue weighted by atomic mass is 32.1. The number of ether oxygens (including phenoxy) is 1. The molecule has 0 saturated carbocycles. The number of fused-ring (bicyclic) bond motifs is 1. The highest BCUT2D eigenvalue weighted by molar-refractivity contribution is 7.80. The van der Waals surface area contributed by atoms with Crippen LogP contribution in [0.15, 0.2) is 24.3 Å². The number of hydrogen-bond donors (Lipinski definition) is 2. The maximum Gasteiger partial charge on any atom is 0.170 e. The third kappa shape index (κ3) is 4.04. The van der Waals surface area contributed by atoms with Gasteiger partial charge >= 0.3 is 0 Å². The fraction of sp³-hybridized carbons (Fsp3) is 0.526. The van der Waals surface area contributed by atoms with Crippen molar-refractivity contribution in [2.45, 2.75) is 51.2 Å². The van der Waals surface area contributed by atoms with Crippen LogP contribution in [-0.4, -0.2) is 39.1 Å². The van der Waals surface area contributed by atoms with Crippen LogP contribution in [0.4, 0.5) is 5.69 Å². The van der Waals surface area contributed by atoms with E-state index in [1.54, 1.807) is 0 Å². The van der Waals surface area contributed by atoms with Crippen LogP contribution in [0.2, 0.25) is 0 Å². The fourth-order valence-electron chi connectivity index (χ4n) is 3.62. The number of anilines is 1. The van der Waals surface area contributed by atoms with E-state index in [4.69, 9.17) is 17.0 Å². The van der Waals surface area contributed by atoms with Crippen molar-refractivity contribution in [1.29, 1.82) is 0 Å². The van der Waals surface area contributed by atoms with Crippen LogP contribution in [-0.2, 0) is 17.7 Å². The van der Waals surface area contributed by atoms with Crippen molar-refractivity contribution in [2.24, 2.45) is 0 Å². The number of hydrogen-bond acceptors (Lipinski definition) is 4. The van der Waals surface area contributed by atoms with Gasteiger partial charge in [0.1, 0.15) is 5.82 Å². The Hall–Kier alpha value is -1.99. The zero-order valence-corrected chi connectivity index (χ0v) is 15.7. The molecular weight excluding hydrogens is 346 g/mol. The summed E-state index contributed by atoms with van der Waals surface area (Å²) in [5, 5.41) is 16.0. The topological polar surface area (TPSA) is 64.0 Å². The lowest BCUT2D eigenvalue weighted by molar-refractivity contribution is 0.114. The van der Waals surface area contributed by atoms with Gasteiger partial charge in [-0.3, -0.25) is 0 Å². The molecule has 3 heterocycles. The van der Waals surface area contributed by atoms with Crippen molar-refractivity contribution in [2.75, 3.05) is 18.5 Å². The summed E-state index contributed by atoms with van der Waals surface area (Å²) >= 11 is 5.42. The Bertz CT molecular complexity index is 769. The summed E-state index contributed by atoms with van der Waals surface area (Å²) < 4.78 is 7.88. The molecule has 7 heteroatoms. The van der Waals surface area contributed by atoms with Crippen molar-refractivity contribution >= 4 is 23.0 Å². The summed E-state index contributed by atoms with van der Waals surface area (Å²) in [6.07, 6.45) is 7.17. The molecule has 0 bridgehead atoms. The zero-order chi connectivity index (χ0) is 17.8. The molecule has 2 N–H and O–H groups in total. The van der Waals surface area contributed by atoms with Crippen molar-refractivity contribution in [1.82, 2.24) is 20.1 Å². The highest BCUT2D eigenvalue weighted by Gasteiger charge is 2.17. The van der Waals surface area contributed by atoms with Gasteiger partial charge in [0.2, 0.25) is 0 Å². The summed E-state index contributed by atoms with van der Waals surface area (Å²) in [5.74, 6) is 2.05. The number of nitrogens with one attached hydrogen (secondary N) is 2. The van der Waals surface area contributed by atoms with Gasteiger partial charge in [-0.05, 0) is 50.0 Å². The largest absolute Gasteiger partial charge is 0.376 e. The minimum atomic E-state index is 0.271. The van der Waals surface area contributed by atoms with E-state index >= 15 is 0 Å². The highest BCUT2D eigenvalue weighted by Crippen LogP contribution is 2.24. The summed E-state index contributed by atoms with van der Waals surface area (Å²) in [5.41, 5.74) is 2.02. The minimum absolute atomic E-state index is 0.271. The van der Waals surface area contributed by atoms with Crippen molar-refractivity contribution in [3.8, 4) is 11.4 Å². The standard InChI is InChI=1S/C19H25N5OS/c26-19(20-13-16-8-5-11-25-16)21-15-7-4-6-14(12-15)18-23-22-17-9-2-1-3-10-24(17)18/h4,6-7,12,16H,1-3,5,8-11,13H2,(H2,20,21,26)/t16-/m1/s1. The summed E-state index contributed by atoms with van der Waals surface area (Å²) in [4.78, 5) is 0. The lowest BCUT2D eigenvalue weighted by Gasteiger charge is -2.14. The van der Waals surface area contributed by atoms with Gasteiger partial charge in [-0.2, -0.15) is 0 Å². The Morgan fingerprint density at radius 3 is 3.08 bits per heavy atom. The van der Waals surface area contributed by atoms with Gasteiger partial charge < -0.3 is 19.9 Å². The smallest absolute Gasteiger partial charge is 0.170 e. The third-order valence-corrected chi connectivity index (χ3v) is 5.25. The number of aryl methyl sites for hydroxylation is 1. The van der Waals surface area contributed by atoms with Gasteiger partial charge in [0, 0.05) is 37.4 Å². The first-order valence-corrected chi connectivity index (χ1v) is 9.89.